The van der Waals surface area contributed by atoms with Crippen molar-refractivity contribution in [3.8, 4) is 0 Å². The Morgan fingerprint density at radius 2 is 2.19 bits per heavy atom. The first-order valence-corrected chi connectivity index (χ1v) is 5.86. The van der Waals surface area contributed by atoms with Crippen LogP contribution in [0.4, 0.5) is 5.82 Å². The van der Waals surface area contributed by atoms with Crippen LogP contribution in [-0.4, -0.2) is 16.6 Å². The molecule has 1 saturated heterocycles. The predicted octanol–water partition coefficient (Wildman–Crippen LogP) is 1.10. The molecule has 0 aromatic carbocycles. The number of aryl methyl sites for hydroxylation is 1. The average Bonchev–Trinajstić information content (AvgIpc) is 2.97. The van der Waals surface area contributed by atoms with E-state index in [1.165, 1.54) is 5.56 Å². The van der Waals surface area contributed by atoms with Crippen LogP contribution in [0.15, 0.2) is 0 Å². The largest absolute Gasteiger partial charge is 0.370 e. The van der Waals surface area contributed by atoms with Crippen LogP contribution in [0.2, 0.25) is 0 Å². The summed E-state index contributed by atoms with van der Waals surface area (Å²) in [5, 5.41) is 0. The molecular formula is C11H16N4O. The maximum atomic E-state index is 5.60. The minimum absolute atomic E-state index is 0.0676. The number of hydrogen-bond donors (Lipinski definition) is 2. The van der Waals surface area contributed by atoms with E-state index >= 15 is 0 Å². The number of hydrogen-bond acceptors (Lipinski definition) is 5. The Bertz CT molecular complexity index is 401. The highest BCUT2D eigenvalue weighted by Gasteiger charge is 2.25. The van der Waals surface area contributed by atoms with E-state index in [2.05, 4.69) is 15.4 Å². The summed E-state index contributed by atoms with van der Waals surface area (Å²) in [4.78, 5) is 9.08. The number of hydrazine groups is 1. The molecule has 16 heavy (non-hydrogen) atoms. The molecule has 1 aromatic rings. The SMILES string of the molecule is NNc1nc(C2CCCO2)nc2c1CCC2. The quantitative estimate of drug-likeness (QED) is 0.577. The van der Waals surface area contributed by atoms with Crippen LogP contribution in [0.3, 0.4) is 0 Å². The third-order valence-electron chi connectivity index (χ3n) is 3.30. The van der Waals surface area contributed by atoms with Gasteiger partial charge in [-0.2, -0.15) is 0 Å². The van der Waals surface area contributed by atoms with Gasteiger partial charge in [-0.1, -0.05) is 0 Å². The molecule has 3 rings (SSSR count). The van der Waals surface area contributed by atoms with Crippen LogP contribution in [0.25, 0.3) is 0 Å². The van der Waals surface area contributed by atoms with Gasteiger partial charge in [-0.3, -0.25) is 0 Å². The molecule has 0 radical (unpaired) electrons. The van der Waals surface area contributed by atoms with E-state index < -0.39 is 0 Å². The lowest BCUT2D eigenvalue weighted by atomic mass is 10.2. The van der Waals surface area contributed by atoms with E-state index in [1.807, 2.05) is 0 Å². The molecule has 1 aromatic heterocycles. The summed E-state index contributed by atoms with van der Waals surface area (Å²) >= 11 is 0. The van der Waals surface area contributed by atoms with Crippen molar-refractivity contribution >= 4 is 5.82 Å². The van der Waals surface area contributed by atoms with Crippen LogP contribution in [0.5, 0.6) is 0 Å². The highest BCUT2D eigenvalue weighted by molar-refractivity contribution is 5.48. The number of rotatable bonds is 2. The van der Waals surface area contributed by atoms with Gasteiger partial charge >= 0.3 is 0 Å². The first-order valence-electron chi connectivity index (χ1n) is 5.86. The summed E-state index contributed by atoms with van der Waals surface area (Å²) in [5.74, 6) is 7.09. The van der Waals surface area contributed by atoms with Crippen molar-refractivity contribution in [3.63, 3.8) is 0 Å². The molecule has 86 valence electrons. The topological polar surface area (TPSA) is 73.1 Å². The van der Waals surface area contributed by atoms with Gasteiger partial charge in [0, 0.05) is 17.9 Å². The Hall–Kier alpha value is -1.20. The molecule has 1 atom stereocenters. The highest BCUT2D eigenvalue weighted by Crippen LogP contribution is 2.31. The minimum atomic E-state index is 0.0676. The van der Waals surface area contributed by atoms with Gasteiger partial charge in [-0.05, 0) is 32.1 Å². The van der Waals surface area contributed by atoms with Crippen LogP contribution < -0.4 is 11.3 Å². The zero-order valence-electron chi connectivity index (χ0n) is 9.20. The fourth-order valence-corrected chi connectivity index (χ4v) is 2.50. The number of aromatic nitrogens is 2. The van der Waals surface area contributed by atoms with E-state index in [1.54, 1.807) is 0 Å². The Kier molecular flexibility index (Phi) is 2.49. The lowest BCUT2D eigenvalue weighted by Gasteiger charge is -2.12. The second-order valence-electron chi connectivity index (χ2n) is 4.36. The van der Waals surface area contributed by atoms with Gasteiger partial charge in [0.15, 0.2) is 5.82 Å². The Balaban J connectivity index is 2.00. The number of ether oxygens (including phenoxy) is 1. The molecule has 3 N–H and O–H groups in total. The van der Waals surface area contributed by atoms with E-state index in [-0.39, 0.29) is 6.10 Å². The van der Waals surface area contributed by atoms with Gasteiger partial charge in [-0.15, -0.1) is 0 Å². The third-order valence-corrected chi connectivity index (χ3v) is 3.30. The molecule has 0 saturated carbocycles. The maximum absolute atomic E-state index is 5.60. The summed E-state index contributed by atoms with van der Waals surface area (Å²) in [7, 11) is 0. The van der Waals surface area contributed by atoms with Crippen LogP contribution in [0.1, 0.15) is 42.4 Å². The van der Waals surface area contributed by atoms with Crippen molar-refractivity contribution in [2.24, 2.45) is 5.84 Å². The van der Waals surface area contributed by atoms with Crippen molar-refractivity contribution < 1.29 is 4.74 Å². The third kappa shape index (κ3) is 1.56. The summed E-state index contributed by atoms with van der Waals surface area (Å²) < 4.78 is 5.60. The molecule has 0 spiro atoms. The van der Waals surface area contributed by atoms with E-state index in [9.17, 15) is 0 Å². The van der Waals surface area contributed by atoms with Crippen molar-refractivity contribution in [1.82, 2.24) is 9.97 Å². The highest BCUT2D eigenvalue weighted by atomic mass is 16.5. The fourth-order valence-electron chi connectivity index (χ4n) is 2.50. The first kappa shape index (κ1) is 9.99. The van der Waals surface area contributed by atoms with Gasteiger partial charge in [0.1, 0.15) is 11.9 Å². The van der Waals surface area contributed by atoms with Gasteiger partial charge in [0.25, 0.3) is 0 Å². The zero-order valence-corrected chi connectivity index (χ0v) is 9.20. The lowest BCUT2D eigenvalue weighted by molar-refractivity contribution is 0.105. The normalized spacial score (nSPS) is 23.4. The summed E-state index contributed by atoms with van der Waals surface area (Å²) in [6, 6.07) is 0. The molecule has 0 bridgehead atoms. The first-order chi connectivity index (χ1) is 7.88. The number of anilines is 1. The Morgan fingerprint density at radius 1 is 1.25 bits per heavy atom. The van der Waals surface area contributed by atoms with Crippen molar-refractivity contribution in [3.05, 3.63) is 17.1 Å². The molecular weight excluding hydrogens is 204 g/mol. The molecule has 5 heteroatoms. The average molecular weight is 220 g/mol. The monoisotopic (exact) mass is 220 g/mol. The second kappa shape index (κ2) is 3.99. The van der Waals surface area contributed by atoms with Crippen molar-refractivity contribution in [1.29, 1.82) is 0 Å². The fraction of sp³-hybridized carbons (Fsp3) is 0.636. The van der Waals surface area contributed by atoms with Crippen molar-refractivity contribution in [2.45, 2.75) is 38.2 Å². The zero-order chi connectivity index (χ0) is 11.0. The maximum Gasteiger partial charge on any atom is 0.159 e. The summed E-state index contributed by atoms with van der Waals surface area (Å²) in [6.45, 7) is 0.816. The predicted molar refractivity (Wildman–Crippen MR) is 59.8 cm³/mol. The molecule has 1 unspecified atom stereocenters. The van der Waals surface area contributed by atoms with Crippen LogP contribution in [-0.2, 0) is 17.6 Å². The van der Waals surface area contributed by atoms with E-state index in [4.69, 9.17) is 10.6 Å². The van der Waals surface area contributed by atoms with Crippen LogP contribution >= 0.6 is 0 Å². The molecule has 0 amide bonds. The smallest absolute Gasteiger partial charge is 0.159 e. The molecule has 5 nitrogen and oxygen atoms in total. The Labute approximate surface area is 94.4 Å². The minimum Gasteiger partial charge on any atom is -0.370 e. The van der Waals surface area contributed by atoms with E-state index in [0.717, 1.165) is 56.0 Å². The van der Waals surface area contributed by atoms with E-state index in [0.29, 0.717) is 0 Å². The molecule has 1 aliphatic carbocycles. The molecule has 1 aliphatic heterocycles. The number of nitrogen functional groups attached to an aromatic ring is 1. The molecule has 2 heterocycles. The molecule has 1 fully saturated rings. The molecule has 2 aliphatic rings. The van der Waals surface area contributed by atoms with Gasteiger partial charge in [0.05, 0.1) is 0 Å². The van der Waals surface area contributed by atoms with Gasteiger partial charge in [0.2, 0.25) is 0 Å². The number of nitrogens with zero attached hydrogens (tertiary/aromatic N) is 2. The lowest BCUT2D eigenvalue weighted by Crippen LogP contribution is -2.15. The van der Waals surface area contributed by atoms with Crippen LogP contribution in [0, 0.1) is 0 Å². The van der Waals surface area contributed by atoms with Gasteiger partial charge in [-0.25, -0.2) is 15.8 Å². The summed E-state index contributed by atoms with van der Waals surface area (Å²) in [6.07, 6.45) is 5.39. The van der Waals surface area contributed by atoms with Crippen molar-refractivity contribution in [2.75, 3.05) is 12.0 Å². The number of nitrogens with two attached hydrogens (primary N) is 1. The second-order valence-corrected chi connectivity index (χ2v) is 4.36. The number of nitrogens with one attached hydrogen (secondary N) is 1. The standard InChI is InChI=1S/C11H16N4O/c12-15-10-7-3-1-4-8(7)13-11(14-10)9-5-2-6-16-9/h9H,1-6,12H2,(H,13,14,15). The number of fused-ring (bicyclic) bond motifs is 1. The van der Waals surface area contributed by atoms with Gasteiger partial charge < -0.3 is 10.2 Å². The summed E-state index contributed by atoms with van der Waals surface area (Å²) in [5.41, 5.74) is 5.02. The Morgan fingerprint density at radius 3 is 2.94 bits per heavy atom.